The minimum atomic E-state index is -0.699. The lowest BCUT2D eigenvalue weighted by molar-refractivity contribution is -0.137. The highest BCUT2D eigenvalue weighted by molar-refractivity contribution is 7.07. The molecular formula is C13H20N2O2S. The smallest absolute Gasteiger partial charge is 0.304 e. The number of aliphatic carboxylic acids is 1. The van der Waals surface area contributed by atoms with E-state index in [1.54, 1.807) is 11.3 Å². The lowest BCUT2D eigenvalue weighted by Crippen LogP contribution is -2.47. The highest BCUT2D eigenvalue weighted by atomic mass is 32.1. The zero-order chi connectivity index (χ0) is 12.8. The van der Waals surface area contributed by atoms with Crippen LogP contribution in [0.15, 0.2) is 16.8 Å². The van der Waals surface area contributed by atoms with E-state index in [9.17, 15) is 4.79 Å². The number of carboxylic acids is 1. The number of rotatable bonds is 6. The lowest BCUT2D eigenvalue weighted by Gasteiger charge is -2.34. The molecule has 0 unspecified atom stereocenters. The van der Waals surface area contributed by atoms with E-state index >= 15 is 0 Å². The molecule has 0 spiro atoms. The monoisotopic (exact) mass is 268 g/mol. The van der Waals surface area contributed by atoms with E-state index in [1.165, 1.54) is 5.56 Å². The number of hydrogen-bond acceptors (Lipinski definition) is 4. The standard InChI is InChI=1S/C13H20N2O2S/c16-13(17)2-5-15-8-6-14(7-9-15)4-1-12-3-10-18-11-12/h3,10-11H,1-2,4-9H2,(H,16,17). The van der Waals surface area contributed by atoms with E-state index in [0.717, 1.165) is 39.1 Å². The number of piperazine rings is 1. The zero-order valence-corrected chi connectivity index (χ0v) is 11.4. The third-order valence-corrected chi connectivity index (χ3v) is 4.14. The van der Waals surface area contributed by atoms with Crippen molar-refractivity contribution in [3.05, 3.63) is 22.4 Å². The summed E-state index contributed by atoms with van der Waals surface area (Å²) < 4.78 is 0. The van der Waals surface area contributed by atoms with Gasteiger partial charge in [0, 0.05) is 39.3 Å². The highest BCUT2D eigenvalue weighted by Crippen LogP contribution is 2.09. The van der Waals surface area contributed by atoms with Gasteiger partial charge in [-0.05, 0) is 28.8 Å². The second kappa shape index (κ2) is 6.87. The summed E-state index contributed by atoms with van der Waals surface area (Å²) in [6, 6.07) is 2.19. The van der Waals surface area contributed by atoms with Gasteiger partial charge in [-0.2, -0.15) is 11.3 Å². The van der Waals surface area contributed by atoms with Crippen LogP contribution in [0.3, 0.4) is 0 Å². The van der Waals surface area contributed by atoms with Crippen LogP contribution in [-0.2, 0) is 11.2 Å². The summed E-state index contributed by atoms with van der Waals surface area (Å²) in [6.07, 6.45) is 1.38. The number of thiophene rings is 1. The van der Waals surface area contributed by atoms with Crippen molar-refractivity contribution >= 4 is 17.3 Å². The first-order valence-electron chi connectivity index (χ1n) is 6.41. The first kappa shape index (κ1) is 13.5. The number of carbonyl (C=O) groups is 1. The van der Waals surface area contributed by atoms with Crippen LogP contribution in [-0.4, -0.2) is 60.1 Å². The topological polar surface area (TPSA) is 43.8 Å². The molecule has 100 valence electrons. The molecule has 1 saturated heterocycles. The van der Waals surface area contributed by atoms with Gasteiger partial charge in [-0.1, -0.05) is 0 Å². The fourth-order valence-corrected chi connectivity index (χ4v) is 2.92. The average Bonchev–Trinajstić information content (AvgIpc) is 2.88. The fourth-order valence-electron chi connectivity index (χ4n) is 2.21. The van der Waals surface area contributed by atoms with Crippen molar-refractivity contribution < 1.29 is 9.90 Å². The van der Waals surface area contributed by atoms with Crippen molar-refractivity contribution in [1.29, 1.82) is 0 Å². The third kappa shape index (κ3) is 4.40. The van der Waals surface area contributed by atoms with E-state index in [2.05, 4.69) is 26.6 Å². The van der Waals surface area contributed by atoms with Crippen LogP contribution in [0.1, 0.15) is 12.0 Å². The predicted octanol–water partition coefficient (Wildman–Crippen LogP) is 1.38. The van der Waals surface area contributed by atoms with Gasteiger partial charge < -0.3 is 14.9 Å². The molecule has 2 rings (SSSR count). The van der Waals surface area contributed by atoms with E-state index in [-0.39, 0.29) is 6.42 Å². The Morgan fingerprint density at radius 1 is 1.22 bits per heavy atom. The summed E-state index contributed by atoms with van der Waals surface area (Å²) in [5.74, 6) is -0.699. The second-order valence-corrected chi connectivity index (χ2v) is 5.49. The quantitative estimate of drug-likeness (QED) is 0.846. The molecule has 1 fully saturated rings. The summed E-state index contributed by atoms with van der Waals surface area (Å²) in [5.41, 5.74) is 1.42. The second-order valence-electron chi connectivity index (χ2n) is 4.71. The fraction of sp³-hybridized carbons (Fsp3) is 0.615. The van der Waals surface area contributed by atoms with Gasteiger partial charge >= 0.3 is 5.97 Å². The molecule has 5 heteroatoms. The molecule has 1 aliphatic heterocycles. The first-order chi connectivity index (χ1) is 8.74. The van der Waals surface area contributed by atoms with Gasteiger partial charge in [0.25, 0.3) is 0 Å². The molecule has 1 aliphatic rings. The predicted molar refractivity (Wildman–Crippen MR) is 73.2 cm³/mol. The van der Waals surface area contributed by atoms with Gasteiger partial charge in [-0.3, -0.25) is 4.79 Å². The van der Waals surface area contributed by atoms with Crippen LogP contribution in [0.25, 0.3) is 0 Å². The van der Waals surface area contributed by atoms with E-state index in [0.29, 0.717) is 6.54 Å². The maximum atomic E-state index is 10.5. The van der Waals surface area contributed by atoms with Crippen molar-refractivity contribution in [1.82, 2.24) is 9.80 Å². The Hall–Kier alpha value is -0.910. The first-order valence-corrected chi connectivity index (χ1v) is 7.36. The van der Waals surface area contributed by atoms with Crippen LogP contribution in [0.4, 0.5) is 0 Å². The highest BCUT2D eigenvalue weighted by Gasteiger charge is 2.16. The molecule has 0 aliphatic carbocycles. The van der Waals surface area contributed by atoms with Gasteiger partial charge in [-0.25, -0.2) is 0 Å². The largest absolute Gasteiger partial charge is 0.481 e. The molecule has 4 nitrogen and oxygen atoms in total. The Bertz CT molecular complexity index is 359. The SMILES string of the molecule is O=C(O)CCN1CCN(CCc2ccsc2)CC1. The van der Waals surface area contributed by atoms with Crippen molar-refractivity contribution in [3.63, 3.8) is 0 Å². The Balaban J connectivity index is 1.62. The molecule has 1 aromatic heterocycles. The Kier molecular flexibility index (Phi) is 5.16. The normalized spacial score (nSPS) is 18.0. The van der Waals surface area contributed by atoms with E-state index in [1.807, 2.05) is 0 Å². The Morgan fingerprint density at radius 3 is 2.44 bits per heavy atom. The van der Waals surface area contributed by atoms with Crippen LogP contribution in [0.5, 0.6) is 0 Å². The molecule has 1 aromatic rings. The minimum Gasteiger partial charge on any atom is -0.481 e. The molecule has 2 heterocycles. The molecule has 18 heavy (non-hydrogen) atoms. The van der Waals surface area contributed by atoms with Gasteiger partial charge in [0.2, 0.25) is 0 Å². The Morgan fingerprint density at radius 2 is 1.89 bits per heavy atom. The van der Waals surface area contributed by atoms with Crippen molar-refractivity contribution in [2.75, 3.05) is 39.3 Å². The molecule has 0 radical (unpaired) electrons. The molecule has 0 aromatic carbocycles. The van der Waals surface area contributed by atoms with Gasteiger partial charge in [-0.15, -0.1) is 0 Å². The van der Waals surface area contributed by atoms with Crippen LogP contribution in [0.2, 0.25) is 0 Å². The zero-order valence-electron chi connectivity index (χ0n) is 10.5. The molecular weight excluding hydrogens is 248 g/mol. The third-order valence-electron chi connectivity index (χ3n) is 3.40. The van der Waals surface area contributed by atoms with Crippen LogP contribution >= 0.6 is 11.3 Å². The van der Waals surface area contributed by atoms with Crippen LogP contribution < -0.4 is 0 Å². The van der Waals surface area contributed by atoms with Gasteiger partial charge in [0.1, 0.15) is 0 Å². The summed E-state index contributed by atoms with van der Waals surface area (Å²) >= 11 is 1.75. The van der Waals surface area contributed by atoms with E-state index < -0.39 is 5.97 Å². The molecule has 0 amide bonds. The maximum Gasteiger partial charge on any atom is 0.304 e. The summed E-state index contributed by atoms with van der Waals surface area (Å²) in [6.45, 7) is 5.92. The van der Waals surface area contributed by atoms with Gasteiger partial charge in [0.15, 0.2) is 0 Å². The molecule has 0 saturated carbocycles. The summed E-state index contributed by atoms with van der Waals surface area (Å²) in [4.78, 5) is 15.2. The van der Waals surface area contributed by atoms with Crippen molar-refractivity contribution in [3.8, 4) is 0 Å². The number of carboxylic acid groups (broad SMARTS) is 1. The van der Waals surface area contributed by atoms with Crippen molar-refractivity contribution in [2.45, 2.75) is 12.8 Å². The number of hydrogen-bond donors (Lipinski definition) is 1. The van der Waals surface area contributed by atoms with Crippen LogP contribution in [0, 0.1) is 0 Å². The summed E-state index contributed by atoms with van der Waals surface area (Å²) in [7, 11) is 0. The van der Waals surface area contributed by atoms with Crippen molar-refractivity contribution in [2.24, 2.45) is 0 Å². The Labute approximate surface area is 112 Å². The maximum absolute atomic E-state index is 10.5. The average molecular weight is 268 g/mol. The molecule has 0 bridgehead atoms. The number of nitrogens with zero attached hydrogens (tertiary/aromatic N) is 2. The lowest BCUT2D eigenvalue weighted by atomic mass is 10.2. The molecule has 1 N–H and O–H groups in total. The minimum absolute atomic E-state index is 0.259. The van der Waals surface area contributed by atoms with Gasteiger partial charge in [0.05, 0.1) is 6.42 Å². The van der Waals surface area contributed by atoms with E-state index in [4.69, 9.17) is 5.11 Å². The summed E-state index contributed by atoms with van der Waals surface area (Å²) in [5, 5.41) is 13.0. The molecule has 0 atom stereocenters.